The molecular formula is C42H66N6O12SSi2. The Morgan fingerprint density at radius 1 is 0.984 bits per heavy atom. The van der Waals surface area contributed by atoms with Crippen LogP contribution >= 0.6 is 0 Å². The molecule has 63 heavy (non-hydrogen) atoms. The Balaban J connectivity index is 1.34. The molecule has 18 nitrogen and oxygen atoms in total. The van der Waals surface area contributed by atoms with E-state index in [9.17, 15) is 32.4 Å². The summed E-state index contributed by atoms with van der Waals surface area (Å²) in [5, 5.41) is 5.53. The van der Waals surface area contributed by atoms with Gasteiger partial charge in [0.2, 0.25) is 11.8 Å². The van der Waals surface area contributed by atoms with Gasteiger partial charge in [-0.15, -0.1) is 0 Å². The first-order chi connectivity index (χ1) is 29.1. The van der Waals surface area contributed by atoms with Gasteiger partial charge < -0.3 is 39.6 Å². The first-order valence-corrected chi connectivity index (χ1v) is 28.7. The van der Waals surface area contributed by atoms with E-state index in [1.807, 2.05) is 77.3 Å². The van der Waals surface area contributed by atoms with Crippen LogP contribution in [-0.2, 0) is 55.4 Å². The van der Waals surface area contributed by atoms with Crippen molar-refractivity contribution in [1.29, 1.82) is 0 Å². The van der Waals surface area contributed by atoms with Gasteiger partial charge in [0, 0.05) is 31.4 Å². The van der Waals surface area contributed by atoms with Crippen molar-refractivity contribution in [1.82, 2.24) is 24.7 Å². The minimum absolute atomic E-state index is 0.0426. The highest BCUT2D eigenvalue weighted by Crippen LogP contribution is 2.52. The van der Waals surface area contributed by atoms with Gasteiger partial charge in [0.25, 0.3) is 15.7 Å². The zero-order chi connectivity index (χ0) is 46.9. The number of aromatic nitrogens is 2. The van der Waals surface area contributed by atoms with Gasteiger partial charge in [-0.3, -0.25) is 23.5 Å². The fourth-order valence-electron chi connectivity index (χ4n) is 7.28. The van der Waals surface area contributed by atoms with E-state index in [0.717, 1.165) is 15.5 Å². The Hall–Kier alpha value is -4.13. The Labute approximate surface area is 372 Å². The second-order valence-corrected chi connectivity index (χ2v) is 30.5. The summed E-state index contributed by atoms with van der Waals surface area (Å²) in [6.07, 6.45) is -1.93. The molecule has 3 aliphatic rings. The van der Waals surface area contributed by atoms with Crippen molar-refractivity contribution in [2.24, 2.45) is 5.73 Å². The lowest BCUT2D eigenvalue weighted by Gasteiger charge is -2.43. The highest BCUT2D eigenvalue weighted by molar-refractivity contribution is 7.90. The molecule has 0 bridgehead atoms. The molecule has 0 unspecified atom stereocenters. The second kappa shape index (κ2) is 18.8. The van der Waals surface area contributed by atoms with Crippen molar-refractivity contribution in [3.8, 4) is 0 Å². The maximum atomic E-state index is 14.5. The molecule has 4 N–H and O–H groups in total. The lowest BCUT2D eigenvalue weighted by atomic mass is 9.89. The monoisotopic (exact) mass is 934 g/mol. The summed E-state index contributed by atoms with van der Waals surface area (Å²) in [7, 11) is -9.59. The molecule has 1 aromatic heterocycles. The molecule has 3 aliphatic heterocycles. The van der Waals surface area contributed by atoms with E-state index in [1.165, 1.54) is 15.7 Å². The summed E-state index contributed by atoms with van der Waals surface area (Å²) in [6.45, 7) is 21.7. The van der Waals surface area contributed by atoms with E-state index in [2.05, 4.69) is 31.4 Å². The van der Waals surface area contributed by atoms with E-state index in [1.54, 1.807) is 6.92 Å². The number of carbonyl (C=O) groups excluding carboxylic acids is 3. The lowest BCUT2D eigenvalue weighted by molar-refractivity contribution is -0.137. The van der Waals surface area contributed by atoms with Crippen LogP contribution in [0, 0.1) is 6.92 Å². The molecule has 0 saturated carbocycles. The lowest BCUT2D eigenvalue weighted by Crippen LogP contribution is -2.59. The Morgan fingerprint density at radius 3 is 2.24 bits per heavy atom. The smallest absolute Gasteiger partial charge is 0.407 e. The van der Waals surface area contributed by atoms with E-state index < -0.39 is 86.0 Å². The maximum absolute atomic E-state index is 14.5. The number of nitrogens with two attached hydrogens (primary N) is 1. The number of nitrogens with zero attached hydrogens (tertiary/aromatic N) is 3. The van der Waals surface area contributed by atoms with Gasteiger partial charge in [0.15, 0.2) is 28.5 Å². The number of benzene rings is 1. The predicted octanol–water partition coefficient (Wildman–Crippen LogP) is 3.95. The molecule has 21 heteroatoms. The molecule has 1 spiro atoms. The standard InChI is InChI=1S/C42H66N6O12SSi2/c1-28-24-48(37-34(59-63(10,11)41(5,6)7)42(31(43)27-61(54,55)60-42)32(58-37)26-57-62(8,9)40(2,3)4)39(53)47(36(28)51)22-16-20-44-35(50)30-19-15-21-46(30)33(49)23-45-38(52)56-25-29-17-13-12-14-18-29/h12-14,17-18,24,27,30,32,34,37H,15-16,19-23,25-26,43H2,1-11H3,(H,44,50)(H,45,52)/t30-,32+,34-,37+,42+/m0/s1. The molecule has 350 valence electrons. The number of carbonyl (C=O) groups is 3. The van der Waals surface area contributed by atoms with Crippen molar-refractivity contribution in [2.75, 3.05) is 26.2 Å². The number of hydrogen-bond donors (Lipinski definition) is 3. The third kappa shape index (κ3) is 10.9. The van der Waals surface area contributed by atoms with Gasteiger partial charge in [-0.1, -0.05) is 71.9 Å². The van der Waals surface area contributed by atoms with Crippen molar-refractivity contribution in [3.63, 3.8) is 0 Å². The summed E-state index contributed by atoms with van der Waals surface area (Å²) in [4.78, 5) is 68.1. The van der Waals surface area contributed by atoms with E-state index in [4.69, 9.17) is 28.2 Å². The Morgan fingerprint density at radius 2 is 1.63 bits per heavy atom. The van der Waals surface area contributed by atoms with Gasteiger partial charge in [-0.05, 0) is 68.0 Å². The van der Waals surface area contributed by atoms with E-state index in [-0.39, 0.29) is 60.6 Å². The van der Waals surface area contributed by atoms with Crippen LogP contribution in [-0.4, -0.2) is 107 Å². The fraction of sp³-hybridized carbons (Fsp3) is 0.643. The average molecular weight is 935 g/mol. The van der Waals surface area contributed by atoms with Crippen LogP contribution in [0.3, 0.4) is 0 Å². The molecule has 5 rings (SSSR count). The first kappa shape index (κ1) is 49.9. The third-order valence-corrected chi connectivity index (χ3v) is 23.0. The van der Waals surface area contributed by atoms with E-state index in [0.29, 0.717) is 19.4 Å². The van der Waals surface area contributed by atoms with Crippen LogP contribution in [0.2, 0.25) is 36.3 Å². The molecule has 0 radical (unpaired) electrons. The molecule has 2 aromatic rings. The highest BCUT2D eigenvalue weighted by atomic mass is 32.2. The average Bonchev–Trinajstić information content (AvgIpc) is 3.86. The predicted molar refractivity (Wildman–Crippen MR) is 241 cm³/mol. The Bertz CT molecular complexity index is 2290. The van der Waals surface area contributed by atoms with Gasteiger partial charge in [-0.25, -0.2) is 13.8 Å². The van der Waals surface area contributed by atoms with Crippen molar-refractivity contribution in [2.45, 2.75) is 147 Å². The summed E-state index contributed by atoms with van der Waals surface area (Å²) < 4.78 is 60.1. The van der Waals surface area contributed by atoms with Gasteiger partial charge in [-0.2, -0.15) is 8.42 Å². The van der Waals surface area contributed by atoms with Crippen LogP contribution < -0.4 is 27.6 Å². The van der Waals surface area contributed by atoms with E-state index >= 15 is 0 Å². The number of alkyl carbamates (subject to hydrolysis) is 1. The number of amides is 3. The zero-order valence-electron chi connectivity index (χ0n) is 38.4. The minimum atomic E-state index is -4.32. The summed E-state index contributed by atoms with van der Waals surface area (Å²) >= 11 is 0. The molecule has 3 amide bonds. The molecular weight excluding hydrogens is 869 g/mol. The van der Waals surface area contributed by atoms with Crippen LogP contribution in [0.5, 0.6) is 0 Å². The second-order valence-electron chi connectivity index (χ2n) is 19.6. The van der Waals surface area contributed by atoms with Crippen LogP contribution in [0.25, 0.3) is 0 Å². The summed E-state index contributed by atoms with van der Waals surface area (Å²) in [6, 6.07) is 8.34. The van der Waals surface area contributed by atoms with Crippen molar-refractivity contribution in [3.05, 3.63) is 79.6 Å². The largest absolute Gasteiger partial charge is 0.445 e. The molecule has 5 atom stereocenters. The minimum Gasteiger partial charge on any atom is -0.445 e. The van der Waals surface area contributed by atoms with Crippen molar-refractivity contribution < 1.29 is 45.3 Å². The molecule has 2 fully saturated rings. The zero-order valence-corrected chi connectivity index (χ0v) is 41.3. The van der Waals surface area contributed by atoms with Gasteiger partial charge in [0.05, 0.1) is 17.7 Å². The molecule has 1 aromatic carbocycles. The SMILES string of the molecule is Cc1cn([C@@H]2O[C@H](CO[Si](C)(C)C(C)(C)C)[C@@]3(OS(=O)(=O)C=C3N)[C@H]2O[Si](C)(C)C(C)(C)C)c(=O)n(CCCNC(=O)[C@@H]2CCCN2C(=O)CNC(=O)OCc2ccccc2)c1=O. The number of rotatable bonds is 15. The normalized spacial score (nSPS) is 23.8. The fourth-order valence-corrected chi connectivity index (χ4v) is 10.8. The molecule has 0 aliphatic carbocycles. The van der Waals surface area contributed by atoms with Crippen LogP contribution in [0.4, 0.5) is 4.79 Å². The quantitative estimate of drug-likeness (QED) is 0.131. The summed E-state index contributed by atoms with van der Waals surface area (Å²) in [5.74, 6) is -0.838. The topological polar surface area (TPSA) is 229 Å². The number of hydrogen-bond acceptors (Lipinski definition) is 13. The third-order valence-electron chi connectivity index (χ3n) is 13.0. The van der Waals surface area contributed by atoms with Gasteiger partial charge >= 0.3 is 11.8 Å². The highest BCUT2D eigenvalue weighted by Gasteiger charge is 2.67. The molecule has 4 heterocycles. The van der Waals surface area contributed by atoms with Gasteiger partial charge in [0.1, 0.15) is 31.4 Å². The number of nitrogens with one attached hydrogen (secondary N) is 2. The first-order valence-electron chi connectivity index (χ1n) is 21.4. The van der Waals surface area contributed by atoms with Crippen LogP contribution in [0.15, 0.2) is 57.2 Å². The van der Waals surface area contributed by atoms with Crippen LogP contribution in [0.1, 0.15) is 78.2 Å². The number of aryl methyl sites for hydroxylation is 1. The summed E-state index contributed by atoms with van der Waals surface area (Å²) in [5.41, 5.74) is 4.26. The number of ether oxygens (including phenoxy) is 2. The Kier molecular flexibility index (Phi) is 14.9. The number of likely N-dealkylation sites (tertiary alicyclic amines) is 1. The van der Waals surface area contributed by atoms with Crippen molar-refractivity contribution >= 4 is 44.7 Å². The maximum Gasteiger partial charge on any atom is 0.407 e. The molecule has 2 saturated heterocycles.